The van der Waals surface area contributed by atoms with Crippen LogP contribution >= 0.6 is 0 Å². The van der Waals surface area contributed by atoms with E-state index >= 15 is 0 Å². The molecule has 2 heterocycles. The first-order chi connectivity index (χ1) is 16.5. The van der Waals surface area contributed by atoms with Gasteiger partial charge in [0.1, 0.15) is 6.17 Å². The van der Waals surface area contributed by atoms with Gasteiger partial charge in [-0.15, -0.1) is 0 Å². The first-order valence-corrected chi connectivity index (χ1v) is 11.1. The van der Waals surface area contributed by atoms with Crippen LogP contribution in [0, 0.1) is 5.92 Å². The predicted molar refractivity (Wildman–Crippen MR) is 126 cm³/mol. The van der Waals surface area contributed by atoms with Crippen molar-refractivity contribution in [2.24, 2.45) is 5.92 Å². The quantitative estimate of drug-likeness (QED) is 0.402. The van der Waals surface area contributed by atoms with E-state index < -0.39 is 12.1 Å². The average Bonchev–Trinajstić information content (AvgIpc) is 2.89. The fourth-order valence-electron chi connectivity index (χ4n) is 3.91. The van der Waals surface area contributed by atoms with Crippen LogP contribution < -0.4 is 10.4 Å². The number of piperazine rings is 1. The Morgan fingerprint density at radius 2 is 1.79 bits per heavy atom. The van der Waals surface area contributed by atoms with E-state index in [9.17, 15) is 14.0 Å². The number of carbonyl (C=O) groups is 2. The van der Waals surface area contributed by atoms with E-state index in [2.05, 4.69) is 9.97 Å². The molecule has 2 amide bonds. The van der Waals surface area contributed by atoms with Crippen LogP contribution in [0.4, 0.5) is 10.3 Å². The van der Waals surface area contributed by atoms with Crippen molar-refractivity contribution in [1.29, 1.82) is 0 Å². The number of hydrogen-bond acceptors (Lipinski definition) is 6. The van der Waals surface area contributed by atoms with E-state index in [0.29, 0.717) is 37.7 Å². The third-order valence-corrected chi connectivity index (χ3v) is 5.91. The van der Waals surface area contributed by atoms with Crippen LogP contribution in [0.5, 0.6) is 0 Å². The minimum Gasteiger partial charge on any atom is -0.337 e. The number of allylic oxidation sites excluding steroid dienone is 3. The van der Waals surface area contributed by atoms with E-state index in [1.165, 1.54) is 18.5 Å². The van der Waals surface area contributed by atoms with Gasteiger partial charge in [0.15, 0.2) is 0 Å². The third kappa shape index (κ3) is 5.20. The van der Waals surface area contributed by atoms with Gasteiger partial charge in [0.2, 0.25) is 5.95 Å². The zero-order chi connectivity index (χ0) is 24.1. The summed E-state index contributed by atoms with van der Waals surface area (Å²) in [5, 5.41) is 8.71. The van der Waals surface area contributed by atoms with Crippen LogP contribution in [0.2, 0.25) is 0 Å². The predicted octanol–water partition coefficient (Wildman–Crippen LogP) is 2.80. The van der Waals surface area contributed by atoms with Crippen LogP contribution in [0.25, 0.3) is 6.08 Å². The molecule has 34 heavy (non-hydrogen) atoms. The number of anilines is 1. The van der Waals surface area contributed by atoms with Crippen molar-refractivity contribution in [2.45, 2.75) is 13.1 Å². The molecule has 2 unspecified atom stereocenters. The maximum absolute atomic E-state index is 14.0. The van der Waals surface area contributed by atoms with Crippen molar-refractivity contribution in [3.63, 3.8) is 0 Å². The van der Waals surface area contributed by atoms with Crippen molar-refractivity contribution in [3.05, 3.63) is 83.2 Å². The number of hydrogen-bond donors (Lipinski definition) is 2. The summed E-state index contributed by atoms with van der Waals surface area (Å²) >= 11 is 0. The fourth-order valence-corrected chi connectivity index (χ4v) is 3.91. The minimum absolute atomic E-state index is 0.111. The Morgan fingerprint density at radius 3 is 2.41 bits per heavy atom. The van der Waals surface area contributed by atoms with Crippen LogP contribution in [-0.2, 0) is 4.79 Å². The lowest BCUT2D eigenvalue weighted by molar-refractivity contribution is -0.127. The third-order valence-electron chi connectivity index (χ3n) is 5.91. The summed E-state index contributed by atoms with van der Waals surface area (Å²) in [6.07, 6.45) is 8.47. The highest BCUT2D eigenvalue weighted by Crippen LogP contribution is 2.27. The number of halogens is 1. The van der Waals surface area contributed by atoms with Gasteiger partial charge in [0, 0.05) is 50.1 Å². The highest BCUT2D eigenvalue weighted by molar-refractivity contribution is 6.03. The molecule has 0 radical (unpaired) electrons. The molecule has 1 aromatic carbocycles. The van der Waals surface area contributed by atoms with Crippen molar-refractivity contribution in [3.8, 4) is 0 Å². The number of amides is 2. The topological polar surface area (TPSA) is 98.7 Å². The maximum atomic E-state index is 14.0. The molecule has 2 N–H and O–H groups in total. The number of rotatable bonds is 5. The summed E-state index contributed by atoms with van der Waals surface area (Å²) in [6.45, 7) is 3.77. The molecule has 0 bridgehead atoms. The second-order valence-electron chi connectivity index (χ2n) is 8.25. The number of carbonyl (C=O) groups excluding carboxylic acids is 2. The first-order valence-electron chi connectivity index (χ1n) is 11.1. The van der Waals surface area contributed by atoms with Crippen molar-refractivity contribution in [1.82, 2.24) is 20.3 Å². The Labute approximate surface area is 197 Å². The Bertz CT molecular complexity index is 1120. The van der Waals surface area contributed by atoms with Crippen LogP contribution in [0.1, 0.15) is 22.8 Å². The summed E-state index contributed by atoms with van der Waals surface area (Å²) in [5.41, 5.74) is 3.85. The van der Waals surface area contributed by atoms with Crippen molar-refractivity contribution >= 4 is 23.8 Å². The Kier molecular flexibility index (Phi) is 7.12. The lowest BCUT2D eigenvalue weighted by Gasteiger charge is -2.35. The Morgan fingerprint density at radius 1 is 1.12 bits per heavy atom. The van der Waals surface area contributed by atoms with Crippen LogP contribution in [-0.4, -0.2) is 64.2 Å². The molecular weight excluding hydrogens is 437 g/mol. The summed E-state index contributed by atoms with van der Waals surface area (Å²) < 4.78 is 14.0. The Balaban J connectivity index is 1.50. The van der Waals surface area contributed by atoms with Gasteiger partial charge in [-0.25, -0.2) is 19.8 Å². The van der Waals surface area contributed by atoms with Gasteiger partial charge < -0.3 is 9.80 Å². The zero-order valence-corrected chi connectivity index (χ0v) is 18.8. The van der Waals surface area contributed by atoms with Crippen molar-refractivity contribution < 1.29 is 19.2 Å². The van der Waals surface area contributed by atoms with Gasteiger partial charge in [-0.3, -0.25) is 14.8 Å². The van der Waals surface area contributed by atoms with Crippen LogP contribution in [0.15, 0.2) is 72.1 Å². The summed E-state index contributed by atoms with van der Waals surface area (Å²) in [4.78, 5) is 37.1. The van der Waals surface area contributed by atoms with Crippen molar-refractivity contribution in [2.75, 3.05) is 31.1 Å². The molecule has 2 atom stereocenters. The molecule has 1 saturated heterocycles. The fraction of sp³-hybridized carbons (Fsp3) is 0.280. The molecule has 8 nitrogen and oxygen atoms in total. The molecule has 1 aromatic heterocycles. The van der Waals surface area contributed by atoms with E-state index in [1.54, 1.807) is 23.4 Å². The van der Waals surface area contributed by atoms with E-state index in [4.69, 9.17) is 5.21 Å². The number of aromatic nitrogens is 2. The molecule has 1 fully saturated rings. The maximum Gasteiger partial charge on any atom is 0.277 e. The molecule has 0 spiro atoms. The average molecular weight is 464 g/mol. The van der Waals surface area contributed by atoms with E-state index in [1.807, 2.05) is 47.4 Å². The van der Waals surface area contributed by atoms with Gasteiger partial charge in [0.05, 0.1) is 5.56 Å². The number of nitrogens with zero attached hydrogens (tertiary/aromatic N) is 4. The molecular formula is C25H26FN5O3. The monoisotopic (exact) mass is 463 g/mol. The molecule has 0 saturated carbocycles. The van der Waals surface area contributed by atoms with Gasteiger partial charge in [0.25, 0.3) is 11.8 Å². The SMILES string of the molecule is CC1C=C(/C(=C\c2ccccc2)C(=O)N2CCN(c3ncc(C(=O)NO)cn3)CC2)C=CC1F. The molecule has 9 heteroatoms. The molecule has 1 aliphatic carbocycles. The number of benzene rings is 1. The summed E-state index contributed by atoms with van der Waals surface area (Å²) in [7, 11) is 0. The van der Waals surface area contributed by atoms with Gasteiger partial charge in [-0.05, 0) is 23.3 Å². The lowest BCUT2D eigenvalue weighted by Crippen LogP contribution is -2.49. The molecule has 1 aliphatic heterocycles. The van der Waals surface area contributed by atoms with Crippen LogP contribution in [0.3, 0.4) is 0 Å². The Hall–Kier alpha value is -3.85. The van der Waals surface area contributed by atoms with Gasteiger partial charge in [-0.2, -0.15) is 0 Å². The second-order valence-corrected chi connectivity index (χ2v) is 8.25. The number of alkyl halides is 1. The molecule has 2 aliphatic rings. The molecule has 2 aromatic rings. The number of nitrogens with one attached hydrogen (secondary N) is 1. The molecule has 176 valence electrons. The molecule has 4 rings (SSSR count). The highest BCUT2D eigenvalue weighted by Gasteiger charge is 2.27. The van der Waals surface area contributed by atoms with E-state index in [-0.39, 0.29) is 17.4 Å². The summed E-state index contributed by atoms with van der Waals surface area (Å²) in [6, 6.07) is 9.59. The smallest absolute Gasteiger partial charge is 0.277 e. The largest absolute Gasteiger partial charge is 0.337 e. The second kappa shape index (κ2) is 10.4. The highest BCUT2D eigenvalue weighted by atomic mass is 19.1. The van der Waals surface area contributed by atoms with E-state index in [0.717, 1.165) is 11.1 Å². The zero-order valence-electron chi connectivity index (χ0n) is 18.8. The minimum atomic E-state index is -1.06. The van der Waals surface area contributed by atoms with Gasteiger partial charge >= 0.3 is 0 Å². The summed E-state index contributed by atoms with van der Waals surface area (Å²) in [5.74, 6) is -0.654. The normalized spacial score (nSPS) is 20.7. The first kappa shape index (κ1) is 23.3. The standard InChI is InChI=1S/C25H26FN5O3/c1-17-13-19(7-8-22(17)26)21(14-18-5-3-2-4-6-18)24(33)30-9-11-31(12-10-30)25-27-15-20(16-28-25)23(32)29-34/h2-8,13-17,22,34H,9-12H2,1H3,(H,29,32)/b21-14+. The van der Waals surface area contributed by atoms with Gasteiger partial charge in [-0.1, -0.05) is 49.4 Å². The lowest BCUT2D eigenvalue weighted by atomic mass is 9.90. The number of hydroxylamine groups is 1.